The lowest BCUT2D eigenvalue weighted by molar-refractivity contribution is -0.151. The second kappa shape index (κ2) is 12.7. The van der Waals surface area contributed by atoms with Crippen molar-refractivity contribution in [2.24, 2.45) is 5.92 Å². The molecular weight excluding hydrogens is 464 g/mol. The number of fused-ring (bicyclic) bond motifs is 1. The zero-order chi connectivity index (χ0) is 27.2. The lowest BCUT2D eigenvalue weighted by Gasteiger charge is -2.41. The molecular formula is C28H38O8. The van der Waals surface area contributed by atoms with Crippen LogP contribution in [0.4, 0.5) is 0 Å². The first-order valence-corrected chi connectivity index (χ1v) is 12.3. The molecule has 0 amide bonds. The second-order valence-electron chi connectivity index (χ2n) is 9.79. The van der Waals surface area contributed by atoms with Gasteiger partial charge in [0.1, 0.15) is 6.10 Å². The topological polar surface area (TPSA) is 105 Å². The average molecular weight is 503 g/mol. The van der Waals surface area contributed by atoms with Crippen molar-refractivity contribution in [2.75, 3.05) is 6.61 Å². The maximum Gasteiger partial charge on any atom is 0.308 e. The molecule has 4 unspecified atom stereocenters. The number of esters is 4. The zero-order valence-electron chi connectivity index (χ0n) is 22.6. The van der Waals surface area contributed by atoms with Gasteiger partial charge in [0, 0.05) is 45.1 Å². The monoisotopic (exact) mass is 502 g/mol. The summed E-state index contributed by atoms with van der Waals surface area (Å²) in [5, 5.41) is 0. The van der Waals surface area contributed by atoms with E-state index in [1.807, 2.05) is 19.9 Å². The Balaban J connectivity index is 2.77. The first kappa shape index (κ1) is 29.1. The highest BCUT2D eigenvalue weighted by Crippen LogP contribution is 2.52. The highest BCUT2D eigenvalue weighted by atomic mass is 16.6. The van der Waals surface area contributed by atoms with Gasteiger partial charge in [-0.1, -0.05) is 24.6 Å². The van der Waals surface area contributed by atoms with Gasteiger partial charge in [0.05, 0.1) is 6.61 Å². The third-order valence-corrected chi connectivity index (χ3v) is 6.26. The summed E-state index contributed by atoms with van der Waals surface area (Å²) in [7, 11) is 0. The smallest absolute Gasteiger partial charge is 0.308 e. The molecule has 1 aliphatic carbocycles. The minimum atomic E-state index is -0.572. The average Bonchev–Trinajstić information content (AvgIpc) is 2.72. The second-order valence-corrected chi connectivity index (χ2v) is 9.79. The van der Waals surface area contributed by atoms with Gasteiger partial charge in [-0.3, -0.25) is 19.2 Å². The molecule has 0 bridgehead atoms. The fraction of sp³-hybridized carbons (Fsp3) is 0.571. The van der Waals surface area contributed by atoms with Gasteiger partial charge < -0.3 is 18.9 Å². The molecule has 0 fully saturated rings. The van der Waals surface area contributed by atoms with E-state index in [9.17, 15) is 19.2 Å². The number of ether oxygens (including phenoxy) is 4. The molecule has 0 radical (unpaired) electrons. The highest BCUT2D eigenvalue weighted by molar-refractivity contribution is 5.76. The van der Waals surface area contributed by atoms with E-state index in [1.54, 1.807) is 6.92 Å². The Morgan fingerprint density at radius 2 is 1.56 bits per heavy atom. The van der Waals surface area contributed by atoms with Crippen LogP contribution in [0.5, 0.6) is 11.5 Å². The number of carbonyl (C=O) groups excluding carboxylic acids is 4. The van der Waals surface area contributed by atoms with Crippen molar-refractivity contribution in [1.29, 1.82) is 0 Å². The van der Waals surface area contributed by atoms with Gasteiger partial charge >= 0.3 is 23.9 Å². The lowest BCUT2D eigenvalue weighted by Crippen LogP contribution is -2.37. The van der Waals surface area contributed by atoms with Crippen LogP contribution in [0.15, 0.2) is 17.7 Å². The van der Waals surface area contributed by atoms with Crippen LogP contribution < -0.4 is 9.47 Å². The highest BCUT2D eigenvalue weighted by Gasteiger charge is 2.43. The van der Waals surface area contributed by atoms with Gasteiger partial charge in [0.2, 0.25) is 0 Å². The fourth-order valence-corrected chi connectivity index (χ4v) is 4.96. The molecule has 0 saturated heterocycles. The Bertz CT molecular complexity index is 1030. The van der Waals surface area contributed by atoms with Gasteiger partial charge in [-0.2, -0.15) is 0 Å². The van der Waals surface area contributed by atoms with Gasteiger partial charge in [-0.25, -0.2) is 0 Å². The third kappa shape index (κ3) is 7.67. The molecule has 0 heterocycles. The van der Waals surface area contributed by atoms with Crippen molar-refractivity contribution in [3.8, 4) is 11.5 Å². The van der Waals surface area contributed by atoms with Crippen molar-refractivity contribution >= 4 is 23.9 Å². The molecule has 8 nitrogen and oxygen atoms in total. The maximum atomic E-state index is 12.1. The molecule has 2 rings (SSSR count). The van der Waals surface area contributed by atoms with Crippen LogP contribution in [-0.4, -0.2) is 36.6 Å². The third-order valence-electron chi connectivity index (χ3n) is 6.26. The summed E-state index contributed by atoms with van der Waals surface area (Å²) in [6, 6.07) is 1.90. The summed E-state index contributed by atoms with van der Waals surface area (Å²) in [5.41, 5.74) is 3.30. The number of hydrogen-bond donors (Lipinski definition) is 0. The summed E-state index contributed by atoms with van der Waals surface area (Å²) in [6.45, 7) is 13.2. The van der Waals surface area contributed by atoms with Crippen LogP contribution in [0, 0.1) is 12.8 Å². The molecule has 0 aromatic heterocycles. The van der Waals surface area contributed by atoms with Gasteiger partial charge in [0.15, 0.2) is 11.5 Å². The van der Waals surface area contributed by atoms with E-state index in [0.717, 1.165) is 18.4 Å². The van der Waals surface area contributed by atoms with Crippen molar-refractivity contribution in [3.05, 3.63) is 34.4 Å². The molecule has 0 spiro atoms. The summed E-state index contributed by atoms with van der Waals surface area (Å²) >= 11 is 0. The summed E-state index contributed by atoms with van der Waals surface area (Å²) in [6.07, 6.45) is 3.76. The van der Waals surface area contributed by atoms with Crippen molar-refractivity contribution in [1.82, 2.24) is 0 Å². The molecule has 0 aliphatic heterocycles. The largest absolute Gasteiger partial charge is 0.465 e. The van der Waals surface area contributed by atoms with E-state index in [-0.39, 0.29) is 29.9 Å². The summed E-state index contributed by atoms with van der Waals surface area (Å²) < 4.78 is 22.3. The van der Waals surface area contributed by atoms with Crippen molar-refractivity contribution in [2.45, 2.75) is 92.6 Å². The Kier molecular flexibility index (Phi) is 10.3. The number of rotatable bonds is 9. The van der Waals surface area contributed by atoms with Crippen LogP contribution in [-0.2, 0) is 28.7 Å². The Morgan fingerprint density at radius 1 is 0.944 bits per heavy atom. The quantitative estimate of drug-likeness (QED) is 0.255. The molecule has 36 heavy (non-hydrogen) atoms. The SMILES string of the molecule is CC(=O)OCC1CC(OC(C)=O)C(C(C)CCC=C(C)C)c2cc(C)c(OC(C)=O)c(OC(C)=O)c21. The molecule has 0 N–H and O–H groups in total. The Morgan fingerprint density at radius 3 is 2.08 bits per heavy atom. The number of aryl methyl sites for hydroxylation is 1. The molecule has 1 aromatic carbocycles. The van der Waals surface area contributed by atoms with E-state index in [4.69, 9.17) is 18.9 Å². The first-order chi connectivity index (χ1) is 16.8. The lowest BCUT2D eigenvalue weighted by atomic mass is 9.68. The van der Waals surface area contributed by atoms with Crippen molar-refractivity contribution in [3.63, 3.8) is 0 Å². The standard InChI is InChI=1S/C28H38O8/c1-15(2)10-9-11-16(3)25-23-12-17(4)27(35-20(7)31)28(36-21(8)32)26(23)22(14-33-18(5)29)13-24(25)34-19(6)30/h10,12,16,22,24-25H,9,11,13-14H2,1-8H3. The van der Waals surface area contributed by atoms with Crippen molar-refractivity contribution < 1.29 is 38.1 Å². The number of carbonyl (C=O) groups is 4. The van der Waals surface area contributed by atoms with Crippen LogP contribution in [0.2, 0.25) is 0 Å². The van der Waals surface area contributed by atoms with E-state index >= 15 is 0 Å². The van der Waals surface area contributed by atoms with Gasteiger partial charge in [0.25, 0.3) is 0 Å². The van der Waals surface area contributed by atoms with Crippen LogP contribution >= 0.6 is 0 Å². The number of benzene rings is 1. The van der Waals surface area contributed by atoms with E-state index in [1.165, 1.54) is 33.3 Å². The van der Waals surface area contributed by atoms with Crippen LogP contribution in [0.1, 0.15) is 96.3 Å². The minimum Gasteiger partial charge on any atom is -0.465 e. The fourth-order valence-electron chi connectivity index (χ4n) is 4.96. The van der Waals surface area contributed by atoms with Crippen LogP contribution in [0.3, 0.4) is 0 Å². The Labute approximate surface area is 213 Å². The van der Waals surface area contributed by atoms with Gasteiger partial charge in [-0.15, -0.1) is 0 Å². The van der Waals surface area contributed by atoms with Gasteiger partial charge in [-0.05, 0) is 57.1 Å². The Hall–Kier alpha value is -3.16. The normalized spacial score (nSPS) is 19.4. The van der Waals surface area contributed by atoms with Crippen LogP contribution in [0.25, 0.3) is 0 Å². The molecule has 1 aromatic rings. The minimum absolute atomic E-state index is 0.00416. The molecule has 198 valence electrons. The summed E-state index contributed by atoms with van der Waals surface area (Å²) in [4.78, 5) is 47.8. The number of allylic oxidation sites excluding steroid dienone is 2. The molecule has 1 aliphatic rings. The van der Waals surface area contributed by atoms with E-state index in [2.05, 4.69) is 13.0 Å². The summed E-state index contributed by atoms with van der Waals surface area (Å²) in [5.74, 6) is -2.23. The number of hydrogen-bond acceptors (Lipinski definition) is 8. The molecule has 0 saturated carbocycles. The molecule has 4 atom stereocenters. The first-order valence-electron chi connectivity index (χ1n) is 12.3. The maximum absolute atomic E-state index is 12.1. The zero-order valence-corrected chi connectivity index (χ0v) is 22.6. The van der Waals surface area contributed by atoms with E-state index < -0.39 is 35.9 Å². The predicted octanol–water partition coefficient (Wildman–Crippen LogP) is 5.29. The van der Waals surface area contributed by atoms with E-state index in [0.29, 0.717) is 17.5 Å². The molecule has 8 heteroatoms. The predicted molar refractivity (Wildman–Crippen MR) is 134 cm³/mol.